The number of nitro groups is 2. The summed E-state index contributed by atoms with van der Waals surface area (Å²) in [5.41, 5.74) is -0.143. The van der Waals surface area contributed by atoms with Crippen molar-refractivity contribution in [2.45, 2.75) is 12.8 Å². The smallest absolute Gasteiger partial charge is 0.394 e. The molecule has 9 nitrogen and oxygen atoms in total. The van der Waals surface area contributed by atoms with Gasteiger partial charge in [0.15, 0.2) is 0 Å². The van der Waals surface area contributed by atoms with Gasteiger partial charge in [0.1, 0.15) is 11.5 Å². The molecule has 0 heterocycles. The Labute approximate surface area is 159 Å². The van der Waals surface area contributed by atoms with E-state index in [2.05, 4.69) is 13.2 Å². The number of allylic oxidation sites excluding steroid dienone is 2. The van der Waals surface area contributed by atoms with E-state index in [1.54, 1.807) is 0 Å². The first-order valence-corrected chi connectivity index (χ1v) is 8.03. The maximum Gasteiger partial charge on any atom is 0.519 e. The second-order valence-corrected chi connectivity index (χ2v) is 5.46. The quantitative estimate of drug-likeness (QED) is 0.215. The molecule has 0 unspecified atom stereocenters. The van der Waals surface area contributed by atoms with Crippen LogP contribution in [0.4, 0.5) is 16.2 Å². The second-order valence-electron chi connectivity index (χ2n) is 5.46. The zero-order valence-corrected chi connectivity index (χ0v) is 14.7. The van der Waals surface area contributed by atoms with E-state index in [1.165, 1.54) is 48.6 Å². The van der Waals surface area contributed by atoms with Gasteiger partial charge >= 0.3 is 6.16 Å². The van der Waals surface area contributed by atoms with E-state index in [0.717, 1.165) is 0 Å². The van der Waals surface area contributed by atoms with Crippen molar-refractivity contribution in [2.75, 3.05) is 0 Å². The van der Waals surface area contributed by atoms with Crippen LogP contribution in [0.25, 0.3) is 0 Å². The Morgan fingerprint density at radius 3 is 1.57 bits per heavy atom. The van der Waals surface area contributed by atoms with E-state index in [1.807, 2.05) is 0 Å². The number of hydrogen-bond acceptors (Lipinski definition) is 7. The monoisotopic (exact) mass is 384 g/mol. The summed E-state index contributed by atoms with van der Waals surface area (Å²) in [7, 11) is 0. The molecule has 9 heteroatoms. The van der Waals surface area contributed by atoms with Crippen LogP contribution in [0.3, 0.4) is 0 Å². The van der Waals surface area contributed by atoms with Gasteiger partial charge in [-0.25, -0.2) is 4.79 Å². The van der Waals surface area contributed by atoms with Crippen molar-refractivity contribution in [1.82, 2.24) is 0 Å². The molecule has 0 aliphatic rings. The molecule has 0 aliphatic carbocycles. The third-order valence-corrected chi connectivity index (χ3v) is 3.69. The SMILES string of the molecule is C=CCc1c(OC(=O)Oc2cccc([N+](=O)[O-])c2CC=C)cccc1[N+](=O)[O-]. The number of hydrogen-bond donors (Lipinski definition) is 0. The molecule has 0 atom stereocenters. The highest BCUT2D eigenvalue weighted by Crippen LogP contribution is 2.31. The van der Waals surface area contributed by atoms with Crippen LogP contribution in [0.15, 0.2) is 61.7 Å². The Bertz CT molecular complexity index is 878. The minimum absolute atomic E-state index is 0.0604. The van der Waals surface area contributed by atoms with Crippen LogP contribution < -0.4 is 9.47 Å². The van der Waals surface area contributed by atoms with Gasteiger partial charge in [-0.15, -0.1) is 13.2 Å². The Kier molecular flexibility index (Phi) is 6.58. The lowest BCUT2D eigenvalue weighted by atomic mass is 10.1. The van der Waals surface area contributed by atoms with Crippen LogP contribution in [0.5, 0.6) is 11.5 Å². The third kappa shape index (κ3) is 4.58. The minimum Gasteiger partial charge on any atom is -0.394 e. The van der Waals surface area contributed by atoms with Crippen LogP contribution in [0.1, 0.15) is 11.1 Å². The van der Waals surface area contributed by atoms with Gasteiger partial charge in [0.2, 0.25) is 0 Å². The van der Waals surface area contributed by atoms with Crippen LogP contribution in [0.2, 0.25) is 0 Å². The Morgan fingerprint density at radius 2 is 1.25 bits per heavy atom. The maximum absolute atomic E-state index is 12.2. The summed E-state index contributed by atoms with van der Waals surface area (Å²) in [5.74, 6) is -0.121. The lowest BCUT2D eigenvalue weighted by molar-refractivity contribution is -0.385. The number of carbonyl (C=O) groups is 1. The first kappa shape index (κ1) is 20.3. The molecule has 0 spiro atoms. The van der Waals surface area contributed by atoms with Crippen molar-refractivity contribution in [3.63, 3.8) is 0 Å². The van der Waals surface area contributed by atoms with E-state index < -0.39 is 16.0 Å². The van der Waals surface area contributed by atoms with Crippen LogP contribution in [0, 0.1) is 20.2 Å². The molecule has 28 heavy (non-hydrogen) atoms. The fraction of sp³-hybridized carbons (Fsp3) is 0.105. The van der Waals surface area contributed by atoms with Gasteiger partial charge in [-0.2, -0.15) is 0 Å². The van der Waals surface area contributed by atoms with Gasteiger partial charge in [0.25, 0.3) is 11.4 Å². The summed E-state index contributed by atoms with van der Waals surface area (Å²) in [6.45, 7) is 7.07. The Balaban J connectivity index is 2.33. The average molecular weight is 384 g/mol. The molecule has 0 fully saturated rings. The first-order valence-electron chi connectivity index (χ1n) is 8.03. The van der Waals surface area contributed by atoms with Crippen molar-refractivity contribution in [3.05, 3.63) is 93.1 Å². The zero-order valence-electron chi connectivity index (χ0n) is 14.7. The largest absolute Gasteiger partial charge is 0.519 e. The van der Waals surface area contributed by atoms with Crippen molar-refractivity contribution in [3.8, 4) is 11.5 Å². The normalized spacial score (nSPS) is 10.0. The second kappa shape index (κ2) is 9.08. The number of nitrogens with zero attached hydrogens (tertiary/aromatic N) is 2. The molecule has 0 aliphatic heterocycles. The van der Waals surface area contributed by atoms with Crippen molar-refractivity contribution < 1.29 is 24.1 Å². The average Bonchev–Trinajstić information content (AvgIpc) is 2.64. The van der Waals surface area contributed by atoms with Gasteiger partial charge < -0.3 is 9.47 Å². The van der Waals surface area contributed by atoms with E-state index in [0.29, 0.717) is 0 Å². The predicted molar refractivity (Wildman–Crippen MR) is 101 cm³/mol. The molecule has 2 aromatic carbocycles. The molecular formula is C19H16N2O7. The zero-order chi connectivity index (χ0) is 20.7. The number of ether oxygens (including phenoxy) is 2. The summed E-state index contributed by atoms with van der Waals surface area (Å²) in [6, 6.07) is 8.05. The summed E-state index contributed by atoms with van der Waals surface area (Å²) >= 11 is 0. The molecule has 0 saturated heterocycles. The first-order chi connectivity index (χ1) is 13.4. The standard InChI is InChI=1S/C19H16N2O7/c1-3-7-13-15(20(23)24)9-5-11-17(13)27-19(22)28-18-12-6-10-16(21(25)26)14(18)8-4-2/h3-6,9-12H,1-2,7-8H2. The fourth-order valence-corrected chi connectivity index (χ4v) is 2.54. The highest BCUT2D eigenvalue weighted by Gasteiger charge is 2.23. The van der Waals surface area contributed by atoms with Gasteiger partial charge in [0.05, 0.1) is 21.0 Å². The van der Waals surface area contributed by atoms with Crippen LogP contribution in [-0.4, -0.2) is 16.0 Å². The van der Waals surface area contributed by atoms with Gasteiger partial charge in [-0.1, -0.05) is 24.3 Å². The summed E-state index contributed by atoms with van der Waals surface area (Å²) in [5, 5.41) is 22.3. The molecule has 2 rings (SSSR count). The number of rotatable bonds is 8. The minimum atomic E-state index is -1.18. The summed E-state index contributed by atoms with van der Waals surface area (Å²) in [4.78, 5) is 33.4. The molecule has 0 aromatic heterocycles. The van der Waals surface area contributed by atoms with E-state index in [-0.39, 0.29) is 46.8 Å². The van der Waals surface area contributed by atoms with Crippen LogP contribution >= 0.6 is 0 Å². The number of carbonyl (C=O) groups excluding carboxylic acids is 1. The lowest BCUT2D eigenvalue weighted by Crippen LogP contribution is -2.16. The third-order valence-electron chi connectivity index (χ3n) is 3.69. The number of nitro benzene ring substituents is 2. The Morgan fingerprint density at radius 1 is 0.857 bits per heavy atom. The summed E-state index contributed by atoms with van der Waals surface area (Å²) in [6.07, 6.45) is 1.87. The molecule has 144 valence electrons. The molecule has 2 aromatic rings. The lowest BCUT2D eigenvalue weighted by Gasteiger charge is -2.11. The van der Waals surface area contributed by atoms with Crippen molar-refractivity contribution >= 4 is 17.5 Å². The van der Waals surface area contributed by atoms with Gasteiger partial charge in [0, 0.05) is 25.0 Å². The van der Waals surface area contributed by atoms with Gasteiger partial charge in [-0.3, -0.25) is 20.2 Å². The molecule has 0 N–H and O–H groups in total. The fourth-order valence-electron chi connectivity index (χ4n) is 2.54. The molecule has 0 amide bonds. The maximum atomic E-state index is 12.2. The molecule has 0 bridgehead atoms. The summed E-state index contributed by atoms with van der Waals surface area (Å²) < 4.78 is 10.2. The highest BCUT2D eigenvalue weighted by atomic mass is 16.7. The number of benzene rings is 2. The molecule has 0 saturated carbocycles. The topological polar surface area (TPSA) is 122 Å². The van der Waals surface area contributed by atoms with Crippen LogP contribution in [-0.2, 0) is 12.8 Å². The molecule has 0 radical (unpaired) electrons. The van der Waals surface area contributed by atoms with E-state index in [4.69, 9.17) is 9.47 Å². The predicted octanol–water partition coefficient (Wildman–Crippen LogP) is 4.54. The van der Waals surface area contributed by atoms with Crippen molar-refractivity contribution in [1.29, 1.82) is 0 Å². The van der Waals surface area contributed by atoms with Gasteiger partial charge in [-0.05, 0) is 12.1 Å². The molecular weight excluding hydrogens is 368 g/mol. The Hall–Kier alpha value is -4.01. The van der Waals surface area contributed by atoms with E-state index in [9.17, 15) is 25.0 Å². The van der Waals surface area contributed by atoms with Crippen molar-refractivity contribution in [2.24, 2.45) is 0 Å². The van der Waals surface area contributed by atoms with E-state index >= 15 is 0 Å². The highest BCUT2D eigenvalue weighted by molar-refractivity contribution is 5.70.